The largest absolute Gasteiger partial charge is 0.376 e. The van der Waals surface area contributed by atoms with Crippen LogP contribution in [0.4, 0.5) is 10.2 Å². The van der Waals surface area contributed by atoms with Gasteiger partial charge in [0.2, 0.25) is 0 Å². The third kappa shape index (κ3) is 1.93. The molecule has 4 nitrogen and oxygen atoms in total. The van der Waals surface area contributed by atoms with Crippen LogP contribution in [0.1, 0.15) is 0 Å². The van der Waals surface area contributed by atoms with Gasteiger partial charge in [0, 0.05) is 5.39 Å². The van der Waals surface area contributed by atoms with Crippen LogP contribution in [-0.4, -0.2) is 35.4 Å². The number of hydrogen-bond donors (Lipinski definition) is 1. The molecular weight excluding hydrogens is 221 g/mol. The Morgan fingerprint density at radius 2 is 2.12 bits per heavy atom. The number of hydrogen-bond acceptors (Lipinski definition) is 4. The van der Waals surface area contributed by atoms with Gasteiger partial charge >= 0.3 is 0 Å². The van der Waals surface area contributed by atoms with E-state index in [-0.39, 0.29) is 12.6 Å². The number of fused-ring (bicyclic) bond motifs is 1. The van der Waals surface area contributed by atoms with Crippen molar-refractivity contribution >= 4 is 16.7 Å². The fourth-order valence-corrected chi connectivity index (χ4v) is 1.96. The quantitative estimate of drug-likeness (QED) is 0.858. The second kappa shape index (κ2) is 4.25. The first-order chi connectivity index (χ1) is 8.34. The van der Waals surface area contributed by atoms with Gasteiger partial charge in [-0.25, -0.2) is 14.4 Å². The number of alkyl halides is 1. The molecule has 0 bridgehead atoms. The third-order valence-electron chi connectivity index (χ3n) is 2.88. The molecule has 0 saturated carbocycles. The Hall–Kier alpha value is -1.75. The summed E-state index contributed by atoms with van der Waals surface area (Å²) in [4.78, 5) is 8.32. The number of nitrogens with one attached hydrogen (secondary N) is 1. The lowest BCUT2D eigenvalue weighted by atomic mass is 10.2. The molecule has 0 aliphatic carbocycles. The van der Waals surface area contributed by atoms with E-state index in [9.17, 15) is 4.39 Å². The zero-order valence-corrected chi connectivity index (χ0v) is 9.14. The Morgan fingerprint density at radius 3 is 2.94 bits per heavy atom. The number of anilines is 1. The molecule has 0 spiro atoms. The van der Waals surface area contributed by atoms with E-state index in [1.54, 1.807) is 0 Å². The summed E-state index contributed by atoms with van der Waals surface area (Å²) in [5.41, 5.74) is 0.847. The van der Waals surface area contributed by atoms with Crippen LogP contribution in [0.25, 0.3) is 10.9 Å². The molecule has 1 aromatic carbocycles. The summed E-state index contributed by atoms with van der Waals surface area (Å²) in [7, 11) is 0. The molecule has 0 unspecified atom stereocenters. The molecule has 2 atom stereocenters. The van der Waals surface area contributed by atoms with Crippen LogP contribution >= 0.6 is 0 Å². The minimum absolute atomic E-state index is 0.153. The molecular formula is C12H12FN3O. The normalized spacial score (nSPS) is 24.1. The average Bonchev–Trinajstić information content (AvgIpc) is 2.76. The molecule has 2 aromatic rings. The molecule has 1 aliphatic rings. The Balaban J connectivity index is 1.94. The monoisotopic (exact) mass is 233 g/mol. The molecule has 5 heteroatoms. The van der Waals surface area contributed by atoms with Crippen LogP contribution < -0.4 is 5.32 Å². The summed E-state index contributed by atoms with van der Waals surface area (Å²) in [6.07, 6.45) is 0.497. The first kappa shape index (κ1) is 10.4. The molecule has 1 aliphatic heterocycles. The Bertz CT molecular complexity index is 529. The van der Waals surface area contributed by atoms with Gasteiger partial charge in [-0.15, -0.1) is 0 Å². The maximum absolute atomic E-state index is 13.4. The van der Waals surface area contributed by atoms with E-state index >= 15 is 0 Å². The van der Waals surface area contributed by atoms with E-state index in [0.717, 1.165) is 10.9 Å². The van der Waals surface area contributed by atoms with E-state index in [1.807, 2.05) is 24.3 Å². The number of aromatic nitrogens is 2. The van der Waals surface area contributed by atoms with Crippen molar-refractivity contribution in [2.45, 2.75) is 12.2 Å². The number of benzene rings is 1. The summed E-state index contributed by atoms with van der Waals surface area (Å²) in [6.45, 7) is 0.528. The van der Waals surface area contributed by atoms with E-state index in [0.29, 0.717) is 12.4 Å². The van der Waals surface area contributed by atoms with Gasteiger partial charge in [0.25, 0.3) is 0 Å². The van der Waals surface area contributed by atoms with Crippen LogP contribution in [0.5, 0.6) is 0 Å². The van der Waals surface area contributed by atoms with Crippen LogP contribution in [0.2, 0.25) is 0 Å². The van der Waals surface area contributed by atoms with E-state index in [2.05, 4.69) is 15.3 Å². The number of halogens is 1. The van der Waals surface area contributed by atoms with Gasteiger partial charge in [0.15, 0.2) is 0 Å². The molecule has 0 amide bonds. The number of rotatable bonds is 2. The van der Waals surface area contributed by atoms with Crippen molar-refractivity contribution in [3.63, 3.8) is 0 Å². The van der Waals surface area contributed by atoms with Gasteiger partial charge in [-0.1, -0.05) is 12.1 Å². The van der Waals surface area contributed by atoms with Gasteiger partial charge in [0.05, 0.1) is 24.8 Å². The number of ether oxygens (including phenoxy) is 1. The smallest absolute Gasteiger partial charge is 0.146 e. The van der Waals surface area contributed by atoms with Gasteiger partial charge in [0.1, 0.15) is 18.3 Å². The highest BCUT2D eigenvalue weighted by Gasteiger charge is 2.28. The second-order valence-corrected chi connectivity index (χ2v) is 4.04. The predicted octanol–water partition coefficient (Wildman–Crippen LogP) is 1.78. The minimum Gasteiger partial charge on any atom is -0.376 e. The van der Waals surface area contributed by atoms with E-state index < -0.39 is 6.17 Å². The maximum Gasteiger partial charge on any atom is 0.146 e. The van der Waals surface area contributed by atoms with Gasteiger partial charge in [-0.3, -0.25) is 0 Å². The van der Waals surface area contributed by atoms with Crippen molar-refractivity contribution in [2.75, 3.05) is 18.5 Å². The van der Waals surface area contributed by atoms with Crippen molar-refractivity contribution in [3.8, 4) is 0 Å². The maximum atomic E-state index is 13.4. The molecule has 17 heavy (non-hydrogen) atoms. The van der Waals surface area contributed by atoms with Crippen molar-refractivity contribution in [1.29, 1.82) is 0 Å². The first-order valence-electron chi connectivity index (χ1n) is 5.53. The molecule has 88 valence electrons. The summed E-state index contributed by atoms with van der Waals surface area (Å²) in [5, 5.41) is 3.98. The molecule has 2 heterocycles. The molecule has 1 saturated heterocycles. The standard InChI is InChI=1S/C12H12FN3O/c13-9-5-17-6-11(9)16-12-8-3-1-2-4-10(8)14-7-15-12/h1-4,7,9,11H,5-6H2,(H,14,15,16)/t9-,11-/m1/s1. The minimum atomic E-state index is -0.983. The Labute approximate surface area is 97.8 Å². The van der Waals surface area contributed by atoms with Crippen molar-refractivity contribution < 1.29 is 9.13 Å². The third-order valence-corrected chi connectivity index (χ3v) is 2.88. The summed E-state index contributed by atoms with van der Waals surface area (Å²) in [5.74, 6) is 0.661. The van der Waals surface area contributed by atoms with Crippen LogP contribution in [0, 0.1) is 0 Å². The molecule has 1 aromatic heterocycles. The molecule has 0 radical (unpaired) electrons. The Morgan fingerprint density at radius 1 is 1.24 bits per heavy atom. The van der Waals surface area contributed by atoms with Crippen molar-refractivity contribution in [1.82, 2.24) is 9.97 Å². The van der Waals surface area contributed by atoms with E-state index in [1.165, 1.54) is 6.33 Å². The lowest BCUT2D eigenvalue weighted by Gasteiger charge is -2.14. The van der Waals surface area contributed by atoms with Crippen LogP contribution in [0.3, 0.4) is 0 Å². The van der Waals surface area contributed by atoms with Crippen LogP contribution in [0.15, 0.2) is 30.6 Å². The van der Waals surface area contributed by atoms with Gasteiger partial charge in [-0.05, 0) is 12.1 Å². The predicted molar refractivity (Wildman–Crippen MR) is 62.7 cm³/mol. The fourth-order valence-electron chi connectivity index (χ4n) is 1.96. The zero-order chi connectivity index (χ0) is 11.7. The average molecular weight is 233 g/mol. The second-order valence-electron chi connectivity index (χ2n) is 4.04. The molecule has 1 fully saturated rings. The first-order valence-corrected chi connectivity index (χ1v) is 5.53. The zero-order valence-electron chi connectivity index (χ0n) is 9.14. The molecule has 3 rings (SSSR count). The highest BCUT2D eigenvalue weighted by Crippen LogP contribution is 2.21. The molecule has 1 N–H and O–H groups in total. The lowest BCUT2D eigenvalue weighted by molar-refractivity contribution is 0.173. The van der Waals surface area contributed by atoms with Gasteiger partial charge < -0.3 is 10.1 Å². The fraction of sp³-hybridized carbons (Fsp3) is 0.333. The lowest BCUT2D eigenvalue weighted by Crippen LogP contribution is -2.29. The van der Waals surface area contributed by atoms with E-state index in [4.69, 9.17) is 4.74 Å². The van der Waals surface area contributed by atoms with Crippen molar-refractivity contribution in [3.05, 3.63) is 30.6 Å². The highest BCUT2D eigenvalue weighted by molar-refractivity contribution is 5.88. The highest BCUT2D eigenvalue weighted by atomic mass is 19.1. The van der Waals surface area contributed by atoms with Gasteiger partial charge in [-0.2, -0.15) is 0 Å². The van der Waals surface area contributed by atoms with Crippen LogP contribution in [-0.2, 0) is 4.74 Å². The summed E-state index contributed by atoms with van der Waals surface area (Å²) >= 11 is 0. The number of nitrogens with zero attached hydrogens (tertiary/aromatic N) is 2. The summed E-state index contributed by atoms with van der Waals surface area (Å²) in [6, 6.07) is 7.32. The van der Waals surface area contributed by atoms with Crippen molar-refractivity contribution in [2.24, 2.45) is 0 Å². The Kier molecular flexibility index (Phi) is 2.60. The SMILES string of the molecule is F[C@@H]1COC[C@H]1Nc1ncnc2ccccc12. The summed E-state index contributed by atoms with van der Waals surface area (Å²) < 4.78 is 18.5. The number of para-hydroxylation sites is 1. The topological polar surface area (TPSA) is 47.0 Å².